The monoisotopic (exact) mass is 245 g/mol. The lowest BCUT2D eigenvalue weighted by Gasteiger charge is -2.08. The van der Waals surface area contributed by atoms with Crippen molar-refractivity contribution in [3.05, 3.63) is 34.4 Å². The third-order valence-electron chi connectivity index (χ3n) is 1.97. The van der Waals surface area contributed by atoms with Crippen LogP contribution in [0.4, 0.5) is 8.78 Å². The summed E-state index contributed by atoms with van der Waals surface area (Å²) in [6, 6.07) is 3.44. The van der Waals surface area contributed by atoms with Crippen molar-refractivity contribution in [2.45, 2.75) is 12.3 Å². The molecule has 0 unspecified atom stereocenters. The van der Waals surface area contributed by atoms with Gasteiger partial charge in [0.15, 0.2) is 0 Å². The zero-order chi connectivity index (χ0) is 12.3. The lowest BCUT2D eigenvalue weighted by Crippen LogP contribution is -2.06. The molecule has 0 amide bonds. The van der Waals surface area contributed by atoms with E-state index in [0.717, 1.165) is 12.1 Å². The number of carboxylic acid groups (broad SMARTS) is 1. The van der Waals surface area contributed by atoms with E-state index in [4.69, 9.17) is 22.0 Å². The van der Waals surface area contributed by atoms with Crippen LogP contribution in [0.1, 0.15) is 33.5 Å². The number of nitrogens with zero attached hydrogens (tertiary/aromatic N) is 1. The van der Waals surface area contributed by atoms with Crippen molar-refractivity contribution in [1.82, 2.24) is 0 Å². The van der Waals surface area contributed by atoms with E-state index in [1.807, 2.05) is 0 Å². The lowest BCUT2D eigenvalue weighted by molar-refractivity contribution is 0.0695. The van der Waals surface area contributed by atoms with Crippen LogP contribution < -0.4 is 0 Å². The van der Waals surface area contributed by atoms with E-state index in [2.05, 4.69) is 0 Å². The predicted molar refractivity (Wildman–Crippen MR) is 52.6 cm³/mol. The summed E-state index contributed by atoms with van der Waals surface area (Å²) in [5.74, 6) is -1.59. The Bertz CT molecular complexity index is 469. The first kappa shape index (κ1) is 12.4. The van der Waals surface area contributed by atoms with E-state index < -0.39 is 18.0 Å². The van der Waals surface area contributed by atoms with Gasteiger partial charge in [0.1, 0.15) is 6.07 Å². The molecule has 0 fully saturated rings. The summed E-state index contributed by atoms with van der Waals surface area (Å²) >= 11 is 5.46. The second-order valence-corrected chi connectivity index (χ2v) is 3.22. The van der Waals surface area contributed by atoms with Gasteiger partial charge in [0, 0.05) is 11.4 Å². The van der Waals surface area contributed by atoms with E-state index in [9.17, 15) is 13.6 Å². The van der Waals surface area contributed by atoms with Gasteiger partial charge in [-0.1, -0.05) is 0 Å². The quantitative estimate of drug-likeness (QED) is 0.833. The number of rotatable bonds is 3. The van der Waals surface area contributed by atoms with Crippen molar-refractivity contribution < 1.29 is 18.7 Å². The second kappa shape index (κ2) is 4.90. The molecule has 0 aliphatic rings. The van der Waals surface area contributed by atoms with Crippen molar-refractivity contribution in [3.8, 4) is 6.07 Å². The van der Waals surface area contributed by atoms with Crippen molar-refractivity contribution >= 4 is 17.6 Å². The van der Waals surface area contributed by atoms with Gasteiger partial charge in [-0.15, -0.1) is 11.6 Å². The molecule has 0 saturated carbocycles. The van der Waals surface area contributed by atoms with Gasteiger partial charge in [-0.25, -0.2) is 13.6 Å². The minimum Gasteiger partial charge on any atom is -0.478 e. The van der Waals surface area contributed by atoms with Gasteiger partial charge >= 0.3 is 5.97 Å². The van der Waals surface area contributed by atoms with Gasteiger partial charge < -0.3 is 5.11 Å². The first-order chi connectivity index (χ1) is 7.51. The van der Waals surface area contributed by atoms with Crippen LogP contribution in [0.5, 0.6) is 0 Å². The maximum Gasteiger partial charge on any atom is 0.337 e. The zero-order valence-corrected chi connectivity index (χ0v) is 8.63. The molecule has 84 valence electrons. The van der Waals surface area contributed by atoms with Crippen molar-refractivity contribution in [2.24, 2.45) is 0 Å². The van der Waals surface area contributed by atoms with Crippen LogP contribution >= 0.6 is 11.6 Å². The summed E-state index contributed by atoms with van der Waals surface area (Å²) in [6.07, 6.45) is -2.77. The van der Waals surface area contributed by atoms with Crippen molar-refractivity contribution in [3.63, 3.8) is 0 Å². The van der Waals surface area contributed by atoms with E-state index in [-0.39, 0.29) is 22.6 Å². The SMILES string of the molecule is N#Cc1cc(C(F)F)cc(CCl)c1C(=O)O. The topological polar surface area (TPSA) is 61.1 Å². The Balaban J connectivity index is 3.51. The first-order valence-corrected chi connectivity index (χ1v) is 4.69. The molecular weight excluding hydrogens is 240 g/mol. The van der Waals surface area contributed by atoms with Gasteiger partial charge in [0.2, 0.25) is 0 Å². The van der Waals surface area contributed by atoms with Crippen LogP contribution in [0.2, 0.25) is 0 Å². The van der Waals surface area contributed by atoms with Crippen molar-refractivity contribution in [2.75, 3.05) is 0 Å². The maximum atomic E-state index is 12.4. The summed E-state index contributed by atoms with van der Waals surface area (Å²) in [5.41, 5.74) is -1.01. The number of aromatic carboxylic acids is 1. The molecule has 6 heteroatoms. The van der Waals surface area contributed by atoms with Crippen LogP contribution in [0.25, 0.3) is 0 Å². The normalized spacial score (nSPS) is 10.2. The number of carbonyl (C=O) groups is 1. The molecule has 1 aromatic rings. The largest absolute Gasteiger partial charge is 0.478 e. The Morgan fingerprint density at radius 2 is 2.19 bits per heavy atom. The number of nitriles is 1. The summed E-state index contributed by atoms with van der Waals surface area (Å²) in [7, 11) is 0. The number of carboxylic acids is 1. The van der Waals surface area contributed by atoms with Crippen LogP contribution in [0, 0.1) is 11.3 Å². The molecule has 0 bridgehead atoms. The Labute approximate surface area is 94.9 Å². The fourth-order valence-electron chi connectivity index (χ4n) is 1.30. The predicted octanol–water partition coefficient (Wildman–Crippen LogP) is 2.93. The van der Waals surface area contributed by atoms with E-state index >= 15 is 0 Å². The first-order valence-electron chi connectivity index (χ1n) is 4.15. The smallest absolute Gasteiger partial charge is 0.337 e. The highest BCUT2D eigenvalue weighted by atomic mass is 35.5. The minimum atomic E-state index is -2.77. The van der Waals surface area contributed by atoms with E-state index in [1.54, 1.807) is 6.07 Å². The van der Waals surface area contributed by atoms with Gasteiger partial charge in [-0.2, -0.15) is 5.26 Å². The highest BCUT2D eigenvalue weighted by Crippen LogP contribution is 2.26. The molecule has 1 aromatic carbocycles. The van der Waals surface area contributed by atoms with Gasteiger partial charge in [-0.05, 0) is 17.7 Å². The molecule has 0 heterocycles. The molecule has 0 atom stereocenters. The molecule has 3 nitrogen and oxygen atoms in total. The molecule has 0 saturated heterocycles. The standard InChI is InChI=1S/C10H6ClF2NO2/c11-3-6-1-5(9(12)13)2-7(4-14)8(6)10(15)16/h1-2,9H,3H2,(H,15,16). The molecule has 1 rings (SSSR count). The average molecular weight is 246 g/mol. The fourth-order valence-corrected chi connectivity index (χ4v) is 1.51. The molecule has 16 heavy (non-hydrogen) atoms. The average Bonchev–Trinajstić information content (AvgIpc) is 2.26. The lowest BCUT2D eigenvalue weighted by atomic mass is 9.99. The Hall–Kier alpha value is -1.67. The third kappa shape index (κ3) is 2.28. The fraction of sp³-hybridized carbons (Fsp3) is 0.200. The summed E-state index contributed by atoms with van der Waals surface area (Å²) in [6.45, 7) is 0. The second-order valence-electron chi connectivity index (χ2n) is 2.95. The summed E-state index contributed by atoms with van der Waals surface area (Å²) in [5, 5.41) is 17.5. The van der Waals surface area contributed by atoms with Crippen LogP contribution in [-0.2, 0) is 5.88 Å². The number of benzene rings is 1. The number of hydrogen-bond acceptors (Lipinski definition) is 2. The molecule has 0 spiro atoms. The minimum absolute atomic E-state index is 0.0171. The van der Waals surface area contributed by atoms with Crippen LogP contribution in [-0.4, -0.2) is 11.1 Å². The van der Waals surface area contributed by atoms with Gasteiger partial charge in [0.25, 0.3) is 6.43 Å². The number of alkyl halides is 3. The highest BCUT2D eigenvalue weighted by molar-refractivity contribution is 6.17. The Morgan fingerprint density at radius 1 is 1.56 bits per heavy atom. The Kier molecular flexibility index (Phi) is 3.80. The Morgan fingerprint density at radius 3 is 2.56 bits per heavy atom. The summed E-state index contributed by atoms with van der Waals surface area (Å²) < 4.78 is 24.9. The number of hydrogen-bond donors (Lipinski definition) is 1. The van der Waals surface area contributed by atoms with Crippen LogP contribution in [0.15, 0.2) is 12.1 Å². The zero-order valence-electron chi connectivity index (χ0n) is 7.88. The molecular formula is C10H6ClF2NO2. The summed E-state index contributed by atoms with van der Waals surface area (Å²) in [4.78, 5) is 10.8. The molecule has 0 aliphatic heterocycles. The van der Waals surface area contributed by atoms with Crippen molar-refractivity contribution in [1.29, 1.82) is 5.26 Å². The highest BCUT2D eigenvalue weighted by Gasteiger charge is 2.19. The third-order valence-corrected chi connectivity index (χ3v) is 2.26. The molecule has 0 radical (unpaired) electrons. The maximum absolute atomic E-state index is 12.4. The van der Waals surface area contributed by atoms with Gasteiger partial charge in [0.05, 0.1) is 11.1 Å². The van der Waals surface area contributed by atoms with E-state index in [0.29, 0.717) is 0 Å². The van der Waals surface area contributed by atoms with E-state index in [1.165, 1.54) is 0 Å². The number of halogens is 3. The molecule has 0 aromatic heterocycles. The molecule has 0 aliphatic carbocycles. The molecule has 1 N–H and O–H groups in total. The van der Waals surface area contributed by atoms with Crippen LogP contribution in [0.3, 0.4) is 0 Å². The van der Waals surface area contributed by atoms with Gasteiger partial charge in [-0.3, -0.25) is 0 Å².